The summed E-state index contributed by atoms with van der Waals surface area (Å²) in [7, 11) is 0. The van der Waals surface area contributed by atoms with Crippen molar-refractivity contribution in [1.29, 1.82) is 0 Å². The van der Waals surface area contributed by atoms with Gasteiger partial charge in [-0.2, -0.15) is 0 Å². The van der Waals surface area contributed by atoms with Crippen molar-refractivity contribution in [1.82, 2.24) is 0 Å². The lowest BCUT2D eigenvalue weighted by atomic mass is 9.90. The van der Waals surface area contributed by atoms with Crippen molar-refractivity contribution in [2.45, 2.75) is 36.7 Å². The second kappa shape index (κ2) is 17.8. The molecule has 0 amide bonds. The van der Waals surface area contributed by atoms with Crippen LogP contribution in [0.25, 0.3) is 5.57 Å². The van der Waals surface area contributed by atoms with Gasteiger partial charge in [0.25, 0.3) is 0 Å². The molecule has 4 aromatic carbocycles. The molecule has 0 bridgehead atoms. The van der Waals surface area contributed by atoms with E-state index >= 15 is 0 Å². The fraction of sp³-hybridized carbons (Fsp3) is 0.162. The second-order valence-corrected chi connectivity index (χ2v) is 12.1. The first kappa shape index (κ1) is 34.4. The maximum Gasteiger partial charge on any atom is 0.200 e. The van der Waals surface area contributed by atoms with Crippen molar-refractivity contribution in [2.75, 3.05) is 18.0 Å². The van der Waals surface area contributed by atoms with Crippen LogP contribution < -0.4 is 4.90 Å². The molecule has 5 rings (SSSR count). The topological polar surface area (TPSA) is 83.6 Å². The Hall–Kier alpha value is -3.97. The van der Waals surface area contributed by atoms with Crippen LogP contribution in [-0.2, 0) is 31.8 Å². The average Bonchev–Trinajstić information content (AvgIpc) is 3.13. The summed E-state index contributed by atoms with van der Waals surface area (Å²) < 4.78 is 11.9. The predicted molar refractivity (Wildman–Crippen MR) is 188 cm³/mol. The van der Waals surface area contributed by atoms with Crippen molar-refractivity contribution in [3.63, 3.8) is 0 Å². The number of allylic oxidation sites excluding steroid dienone is 5. The number of anilines is 1. The molecule has 47 heavy (non-hydrogen) atoms. The first-order valence-corrected chi connectivity index (χ1v) is 16.7. The highest BCUT2D eigenvalue weighted by atomic mass is 32.2. The molecule has 0 unspecified atom stereocenters. The zero-order chi connectivity index (χ0) is 32.8. The van der Waals surface area contributed by atoms with E-state index in [1.54, 1.807) is 6.07 Å². The maximum atomic E-state index is 8.98. The van der Waals surface area contributed by atoms with Crippen molar-refractivity contribution >= 4 is 41.1 Å². The Labute approximate surface area is 284 Å². The molecule has 8 nitrogen and oxygen atoms in total. The molecule has 4 aromatic rings. The normalized spacial score (nSPS) is 12.4. The van der Waals surface area contributed by atoms with E-state index in [4.69, 9.17) is 14.8 Å². The van der Waals surface area contributed by atoms with Gasteiger partial charge in [0, 0.05) is 46.3 Å². The van der Waals surface area contributed by atoms with Crippen LogP contribution in [0.4, 0.5) is 5.69 Å². The molecule has 0 atom stereocenters. The Balaban J connectivity index is 1.56. The van der Waals surface area contributed by atoms with Crippen molar-refractivity contribution < 1.29 is 33.8 Å². The largest absolute Gasteiger partial charge is 0.367 e. The number of rotatable bonds is 15. The van der Waals surface area contributed by atoms with Crippen LogP contribution in [0.2, 0.25) is 0 Å². The summed E-state index contributed by atoms with van der Waals surface area (Å²) in [6.07, 6.45) is 8.55. The Kier molecular flexibility index (Phi) is 13.0. The van der Waals surface area contributed by atoms with Gasteiger partial charge in [0.05, 0.1) is 24.1 Å². The Morgan fingerprint density at radius 1 is 0.723 bits per heavy atom. The van der Waals surface area contributed by atoms with Gasteiger partial charge < -0.3 is 4.90 Å². The highest BCUT2D eigenvalue weighted by Crippen LogP contribution is 2.39. The highest BCUT2D eigenvalue weighted by Gasteiger charge is 2.20. The molecule has 0 aromatic heterocycles. The van der Waals surface area contributed by atoms with Crippen molar-refractivity contribution in [2.24, 2.45) is 0 Å². The fourth-order valence-electron chi connectivity index (χ4n) is 5.47. The zero-order valence-corrected chi connectivity index (χ0v) is 27.8. The van der Waals surface area contributed by atoms with Crippen LogP contribution in [0, 0.1) is 0 Å². The summed E-state index contributed by atoms with van der Waals surface area (Å²) in [5, 5.41) is 25.4. The minimum Gasteiger partial charge on any atom is -0.367 e. The van der Waals surface area contributed by atoms with Gasteiger partial charge in [-0.3, -0.25) is 0 Å². The fourth-order valence-corrected chi connectivity index (χ4v) is 6.48. The molecule has 0 saturated carbocycles. The van der Waals surface area contributed by atoms with E-state index < -0.39 is 0 Å². The Bertz CT molecular complexity index is 1710. The van der Waals surface area contributed by atoms with E-state index in [1.165, 1.54) is 11.1 Å². The van der Waals surface area contributed by atoms with Gasteiger partial charge in [0.2, 0.25) is 0 Å². The summed E-state index contributed by atoms with van der Waals surface area (Å²) in [5.41, 5.74) is 8.53. The molecule has 0 heterocycles. The number of nitrogens with zero attached hydrogens (tertiary/aromatic N) is 2. The third kappa shape index (κ3) is 9.32. The molecule has 0 saturated heterocycles. The predicted octanol–water partition coefficient (Wildman–Crippen LogP) is 9.17. The Morgan fingerprint density at radius 2 is 1.36 bits per heavy atom. The molecular formula is C37H37N2O6S2+. The van der Waals surface area contributed by atoms with E-state index in [9.17, 15) is 0 Å². The molecule has 0 radical (unpaired) electrons. The number of benzene rings is 4. The maximum absolute atomic E-state index is 8.98. The summed E-state index contributed by atoms with van der Waals surface area (Å²) in [4.78, 5) is 3.62. The van der Waals surface area contributed by atoms with E-state index in [2.05, 4.69) is 135 Å². The van der Waals surface area contributed by atoms with Gasteiger partial charge in [0.1, 0.15) is 6.54 Å². The molecule has 242 valence electrons. The standard InChI is InChI=1S/C37H36N2O6S2/c1-3-38(26-28-11-7-5-8-12-28)32-19-15-30(16-20-32)37(35-24-23-34(46-44-42-40)25-36(35)47-45-43-41)31-17-21-33(22-18-31)39(4-2)27-29-13-9-6-10-14-29/h5-25H,3-4,26-27H2,1-2H3,(H-,40,41)/p+1. The SMILES string of the molecule is CCN(Cc1ccccc1)c1ccc(C(=C2C=CC(=[N+](CC)Cc3ccccc3)C=C2)c2ccc(SOOO)cc2SOOO)cc1. The van der Waals surface area contributed by atoms with Crippen LogP contribution in [0.3, 0.4) is 0 Å². The summed E-state index contributed by atoms with van der Waals surface area (Å²) in [6.45, 7) is 7.66. The van der Waals surface area contributed by atoms with E-state index in [1.807, 2.05) is 24.3 Å². The van der Waals surface area contributed by atoms with Gasteiger partial charge in [-0.15, -0.1) is 8.67 Å². The third-order valence-corrected chi connectivity index (χ3v) is 9.00. The van der Waals surface area contributed by atoms with Crippen LogP contribution in [-0.4, -0.2) is 33.9 Å². The molecule has 0 spiro atoms. The third-order valence-electron chi connectivity index (χ3n) is 7.78. The van der Waals surface area contributed by atoms with Gasteiger partial charge in [-0.05, 0) is 78.1 Å². The monoisotopic (exact) mass is 669 g/mol. The second-order valence-electron chi connectivity index (χ2n) is 10.6. The number of hydrogen-bond donors (Lipinski definition) is 2. The molecular weight excluding hydrogens is 633 g/mol. The molecule has 1 aliphatic carbocycles. The first-order valence-electron chi connectivity index (χ1n) is 15.2. The molecule has 0 aliphatic heterocycles. The lowest BCUT2D eigenvalue weighted by molar-refractivity contribution is -0.539. The molecule has 10 heteroatoms. The number of hydrogen-bond acceptors (Lipinski definition) is 9. The Morgan fingerprint density at radius 3 is 1.98 bits per heavy atom. The summed E-state index contributed by atoms with van der Waals surface area (Å²) in [6, 6.07) is 35.0. The van der Waals surface area contributed by atoms with Gasteiger partial charge >= 0.3 is 0 Å². The average molecular weight is 670 g/mol. The van der Waals surface area contributed by atoms with Gasteiger partial charge in [0.15, 0.2) is 12.3 Å². The first-order chi connectivity index (χ1) is 23.1. The van der Waals surface area contributed by atoms with Crippen LogP contribution >= 0.6 is 24.1 Å². The molecule has 1 aliphatic rings. The minimum atomic E-state index is 0.635. The summed E-state index contributed by atoms with van der Waals surface area (Å²) >= 11 is 1.69. The zero-order valence-electron chi connectivity index (χ0n) is 26.2. The van der Waals surface area contributed by atoms with Crippen molar-refractivity contribution in [3.05, 3.63) is 155 Å². The lowest BCUT2D eigenvalue weighted by Gasteiger charge is -2.24. The van der Waals surface area contributed by atoms with E-state index in [0.29, 0.717) is 9.79 Å². The smallest absolute Gasteiger partial charge is 0.200 e. The highest BCUT2D eigenvalue weighted by molar-refractivity contribution is 7.95. The van der Waals surface area contributed by atoms with Crippen LogP contribution in [0.5, 0.6) is 0 Å². The van der Waals surface area contributed by atoms with Crippen molar-refractivity contribution in [3.8, 4) is 0 Å². The van der Waals surface area contributed by atoms with Gasteiger partial charge in [-0.1, -0.05) is 88.9 Å². The van der Waals surface area contributed by atoms with E-state index in [-0.39, 0.29) is 0 Å². The van der Waals surface area contributed by atoms with Gasteiger partial charge in [-0.25, -0.2) is 15.1 Å². The molecule has 0 fully saturated rings. The summed E-state index contributed by atoms with van der Waals surface area (Å²) in [5.74, 6) is 0. The van der Waals surface area contributed by atoms with E-state index in [0.717, 1.165) is 83.9 Å². The van der Waals surface area contributed by atoms with Crippen LogP contribution in [0.1, 0.15) is 36.1 Å². The lowest BCUT2D eigenvalue weighted by Crippen LogP contribution is -2.21. The minimum absolute atomic E-state index is 0.635. The molecule has 2 N–H and O–H groups in total. The van der Waals surface area contributed by atoms with Crippen LogP contribution in [0.15, 0.2) is 143 Å². The quantitative estimate of drug-likeness (QED) is 0.0557.